The van der Waals surface area contributed by atoms with E-state index in [9.17, 15) is 9.59 Å². The van der Waals surface area contributed by atoms with E-state index in [-0.39, 0.29) is 11.7 Å². The number of nitrogens with one attached hydrogen (secondary N) is 1. The Morgan fingerprint density at radius 3 is 2.73 bits per heavy atom. The number of furan rings is 1. The van der Waals surface area contributed by atoms with Crippen LogP contribution in [0, 0.1) is 6.92 Å². The topological polar surface area (TPSA) is 95.1 Å². The Labute approximate surface area is 190 Å². The molecule has 8 nitrogen and oxygen atoms in total. The number of para-hydroxylation sites is 1. The second-order valence-electron chi connectivity index (χ2n) is 7.39. The van der Waals surface area contributed by atoms with Gasteiger partial charge in [-0.1, -0.05) is 24.3 Å². The number of amides is 1. The summed E-state index contributed by atoms with van der Waals surface area (Å²) in [6.07, 6.45) is 3.51. The number of aromatic nitrogens is 1. The van der Waals surface area contributed by atoms with Crippen LogP contribution in [-0.2, 0) is 11.3 Å². The minimum absolute atomic E-state index is 0.153. The van der Waals surface area contributed by atoms with Crippen LogP contribution in [0.5, 0.6) is 5.75 Å². The number of hydrogen-bond acceptors (Lipinski definition) is 6. The summed E-state index contributed by atoms with van der Waals surface area (Å²) in [5, 5.41) is 5.11. The van der Waals surface area contributed by atoms with E-state index in [1.165, 1.54) is 14.2 Å². The van der Waals surface area contributed by atoms with Crippen molar-refractivity contribution in [1.82, 2.24) is 9.99 Å². The Hall–Kier alpha value is -4.33. The molecular weight excluding hydrogens is 422 g/mol. The third kappa shape index (κ3) is 4.64. The van der Waals surface area contributed by atoms with Gasteiger partial charge < -0.3 is 18.5 Å². The molecule has 33 heavy (non-hydrogen) atoms. The number of hydrogen-bond donors (Lipinski definition) is 1. The standard InChI is InChI=1S/C25H23N3O5/c1-16-8-10-20(23(12-16)31-2)24(29)27-26-13-17-14-28(21-7-5-4-6-19(17)21)15-18-9-11-22(33-18)25(30)32-3/h4-14H,15H2,1-3H3,(H,27,29)/b26-13-. The molecule has 0 radical (unpaired) electrons. The van der Waals surface area contributed by atoms with Crippen LogP contribution in [0.2, 0.25) is 0 Å². The third-order valence-electron chi connectivity index (χ3n) is 5.17. The van der Waals surface area contributed by atoms with Crippen molar-refractivity contribution in [3.63, 3.8) is 0 Å². The van der Waals surface area contributed by atoms with E-state index in [4.69, 9.17) is 13.9 Å². The maximum Gasteiger partial charge on any atom is 0.373 e. The summed E-state index contributed by atoms with van der Waals surface area (Å²) in [5.41, 5.74) is 5.74. The second-order valence-corrected chi connectivity index (χ2v) is 7.39. The summed E-state index contributed by atoms with van der Waals surface area (Å²) >= 11 is 0. The molecule has 0 unspecified atom stereocenters. The Morgan fingerprint density at radius 2 is 1.94 bits per heavy atom. The summed E-state index contributed by atoms with van der Waals surface area (Å²) in [4.78, 5) is 24.2. The number of methoxy groups -OCH3 is 2. The molecule has 0 saturated heterocycles. The fourth-order valence-electron chi connectivity index (χ4n) is 3.56. The van der Waals surface area contributed by atoms with E-state index in [1.807, 2.05) is 48.0 Å². The summed E-state index contributed by atoms with van der Waals surface area (Å²) in [5.74, 6) is 0.369. The van der Waals surface area contributed by atoms with Gasteiger partial charge in [-0.3, -0.25) is 4.79 Å². The second kappa shape index (κ2) is 9.44. The maximum absolute atomic E-state index is 12.6. The lowest BCUT2D eigenvalue weighted by molar-refractivity contribution is 0.0562. The van der Waals surface area contributed by atoms with Gasteiger partial charge in [-0.05, 0) is 42.8 Å². The number of rotatable bonds is 7. The first-order chi connectivity index (χ1) is 16.0. The minimum Gasteiger partial charge on any atom is -0.496 e. The lowest BCUT2D eigenvalue weighted by Crippen LogP contribution is -2.18. The van der Waals surface area contributed by atoms with E-state index in [2.05, 4.69) is 10.5 Å². The van der Waals surface area contributed by atoms with Gasteiger partial charge in [-0.15, -0.1) is 0 Å². The monoisotopic (exact) mass is 445 g/mol. The highest BCUT2D eigenvalue weighted by molar-refractivity contribution is 6.01. The number of ether oxygens (including phenoxy) is 2. The number of esters is 1. The molecular formula is C25H23N3O5. The largest absolute Gasteiger partial charge is 0.496 e. The molecule has 2 aromatic heterocycles. The number of carbonyl (C=O) groups is 2. The van der Waals surface area contributed by atoms with Gasteiger partial charge in [0.1, 0.15) is 11.5 Å². The molecule has 1 amide bonds. The molecule has 0 saturated carbocycles. The molecule has 2 aromatic carbocycles. The molecule has 0 atom stereocenters. The summed E-state index contributed by atoms with van der Waals surface area (Å²) in [7, 11) is 2.83. The SMILES string of the molecule is COC(=O)c1ccc(Cn2cc(/C=N\NC(=O)c3ccc(C)cc3OC)c3ccccc32)o1. The van der Waals surface area contributed by atoms with Gasteiger partial charge in [-0.2, -0.15) is 5.10 Å². The molecule has 0 fully saturated rings. The van der Waals surface area contributed by atoms with Crippen molar-refractivity contribution in [2.75, 3.05) is 14.2 Å². The van der Waals surface area contributed by atoms with Gasteiger partial charge in [0.25, 0.3) is 5.91 Å². The van der Waals surface area contributed by atoms with E-state index in [0.29, 0.717) is 23.6 Å². The number of fused-ring (bicyclic) bond motifs is 1. The first kappa shape index (κ1) is 21.9. The predicted octanol–water partition coefficient (Wildman–Crippen LogP) is 4.15. The Bertz CT molecular complexity index is 1350. The van der Waals surface area contributed by atoms with Crippen LogP contribution >= 0.6 is 0 Å². The van der Waals surface area contributed by atoms with E-state index < -0.39 is 5.97 Å². The van der Waals surface area contributed by atoms with Crippen molar-refractivity contribution in [2.24, 2.45) is 5.10 Å². The normalized spacial score (nSPS) is 11.1. The zero-order valence-electron chi connectivity index (χ0n) is 18.5. The number of aryl methyl sites for hydroxylation is 1. The van der Waals surface area contributed by atoms with E-state index in [0.717, 1.165) is 22.0 Å². The van der Waals surface area contributed by atoms with Crippen LogP contribution in [0.25, 0.3) is 10.9 Å². The van der Waals surface area contributed by atoms with Crippen molar-refractivity contribution in [3.05, 3.63) is 89.0 Å². The molecule has 0 aliphatic heterocycles. The molecule has 0 spiro atoms. The van der Waals surface area contributed by atoms with Gasteiger partial charge in [-0.25, -0.2) is 10.2 Å². The van der Waals surface area contributed by atoms with E-state index in [1.54, 1.807) is 30.5 Å². The van der Waals surface area contributed by atoms with Crippen molar-refractivity contribution in [1.29, 1.82) is 0 Å². The summed E-state index contributed by atoms with van der Waals surface area (Å²) < 4.78 is 17.6. The highest BCUT2D eigenvalue weighted by atomic mass is 16.5. The van der Waals surface area contributed by atoms with Crippen LogP contribution in [0.3, 0.4) is 0 Å². The third-order valence-corrected chi connectivity index (χ3v) is 5.17. The lowest BCUT2D eigenvalue weighted by Gasteiger charge is -2.07. The predicted molar refractivity (Wildman–Crippen MR) is 124 cm³/mol. The molecule has 0 aliphatic rings. The Morgan fingerprint density at radius 1 is 1.12 bits per heavy atom. The smallest absolute Gasteiger partial charge is 0.373 e. The van der Waals surface area contributed by atoms with E-state index >= 15 is 0 Å². The van der Waals surface area contributed by atoms with Gasteiger partial charge in [0, 0.05) is 22.7 Å². The Kier molecular flexibility index (Phi) is 6.26. The number of benzene rings is 2. The highest BCUT2D eigenvalue weighted by Crippen LogP contribution is 2.23. The highest BCUT2D eigenvalue weighted by Gasteiger charge is 2.14. The molecule has 0 aliphatic carbocycles. The zero-order chi connectivity index (χ0) is 23.4. The van der Waals surface area contributed by atoms with Crippen LogP contribution < -0.4 is 10.2 Å². The number of carbonyl (C=O) groups excluding carboxylic acids is 2. The molecule has 2 heterocycles. The van der Waals surface area contributed by atoms with Crippen LogP contribution in [0.1, 0.15) is 37.8 Å². The number of hydrazone groups is 1. The maximum atomic E-state index is 12.6. The van der Waals surface area contributed by atoms with Crippen molar-refractivity contribution in [2.45, 2.75) is 13.5 Å². The van der Waals surface area contributed by atoms with Crippen LogP contribution in [0.4, 0.5) is 0 Å². The molecule has 4 rings (SSSR count). The summed E-state index contributed by atoms with van der Waals surface area (Å²) in [6, 6.07) is 16.5. The quantitative estimate of drug-likeness (QED) is 0.262. The van der Waals surface area contributed by atoms with Crippen molar-refractivity contribution >= 4 is 29.0 Å². The molecule has 0 bridgehead atoms. The fourth-order valence-corrected chi connectivity index (χ4v) is 3.56. The lowest BCUT2D eigenvalue weighted by atomic mass is 10.1. The molecule has 8 heteroatoms. The average Bonchev–Trinajstić information content (AvgIpc) is 3.44. The van der Waals surface area contributed by atoms with Crippen LogP contribution in [0.15, 0.2) is 70.3 Å². The number of nitrogens with zero attached hydrogens (tertiary/aromatic N) is 2. The summed E-state index contributed by atoms with van der Waals surface area (Å²) in [6.45, 7) is 2.34. The van der Waals surface area contributed by atoms with Gasteiger partial charge in [0.05, 0.1) is 32.5 Å². The van der Waals surface area contributed by atoms with Gasteiger partial charge in [0.15, 0.2) is 0 Å². The fraction of sp³-hybridized carbons (Fsp3) is 0.160. The molecule has 168 valence electrons. The molecule has 4 aromatic rings. The van der Waals surface area contributed by atoms with Crippen molar-refractivity contribution in [3.8, 4) is 5.75 Å². The van der Waals surface area contributed by atoms with Crippen molar-refractivity contribution < 1.29 is 23.5 Å². The minimum atomic E-state index is -0.521. The van der Waals surface area contributed by atoms with Gasteiger partial charge >= 0.3 is 5.97 Å². The first-order valence-electron chi connectivity index (χ1n) is 10.2. The Balaban J connectivity index is 1.55. The molecule has 1 N–H and O–H groups in total. The van der Waals surface area contributed by atoms with Gasteiger partial charge in [0.2, 0.25) is 5.76 Å². The first-order valence-corrected chi connectivity index (χ1v) is 10.2. The zero-order valence-corrected chi connectivity index (χ0v) is 18.5. The van der Waals surface area contributed by atoms with Crippen LogP contribution in [-0.4, -0.2) is 36.9 Å². The average molecular weight is 445 g/mol.